The van der Waals surface area contributed by atoms with Crippen LogP contribution in [-0.4, -0.2) is 6.04 Å². The second-order valence-electron chi connectivity index (χ2n) is 5.80. The highest BCUT2D eigenvalue weighted by Crippen LogP contribution is 2.39. The first-order chi connectivity index (χ1) is 10.1. The van der Waals surface area contributed by atoms with Crippen molar-refractivity contribution in [2.75, 3.05) is 0 Å². The smallest absolute Gasteiger partial charge is 0.126 e. The summed E-state index contributed by atoms with van der Waals surface area (Å²) in [6.07, 6.45) is 1.96. The minimum Gasteiger partial charge on any atom is -0.307 e. The average Bonchev–Trinajstić information content (AvgIpc) is 2.44. The minimum absolute atomic E-state index is 0.0832. The summed E-state index contributed by atoms with van der Waals surface area (Å²) in [5.41, 5.74) is 1.97. The Bertz CT molecular complexity index is 622. The molecule has 1 aliphatic carbocycles. The van der Waals surface area contributed by atoms with Crippen molar-refractivity contribution in [3.8, 4) is 0 Å². The third kappa shape index (κ3) is 3.12. The van der Waals surface area contributed by atoms with Crippen LogP contribution in [0.15, 0.2) is 48.5 Å². The van der Waals surface area contributed by atoms with Crippen LogP contribution in [0.2, 0.25) is 5.02 Å². The normalized spacial score (nSPS) is 22.6. The van der Waals surface area contributed by atoms with Crippen LogP contribution < -0.4 is 5.32 Å². The highest BCUT2D eigenvalue weighted by molar-refractivity contribution is 6.31. The van der Waals surface area contributed by atoms with Crippen molar-refractivity contribution < 1.29 is 4.39 Å². The Balaban J connectivity index is 1.58. The molecule has 0 saturated heterocycles. The van der Waals surface area contributed by atoms with E-state index in [0.29, 0.717) is 12.0 Å². The lowest BCUT2D eigenvalue weighted by Crippen LogP contribution is -2.41. The molecule has 0 radical (unpaired) electrons. The number of halogens is 2. The Hall–Kier alpha value is -1.38. The van der Waals surface area contributed by atoms with Gasteiger partial charge in [-0.1, -0.05) is 48.0 Å². The topological polar surface area (TPSA) is 12.0 Å². The van der Waals surface area contributed by atoms with Gasteiger partial charge < -0.3 is 5.32 Å². The summed E-state index contributed by atoms with van der Waals surface area (Å²) in [4.78, 5) is 0. The van der Waals surface area contributed by atoms with Gasteiger partial charge in [-0.15, -0.1) is 0 Å². The number of nitrogens with one attached hydrogen (secondary N) is 1. The Labute approximate surface area is 130 Å². The van der Waals surface area contributed by atoms with Crippen molar-refractivity contribution in [3.05, 3.63) is 70.5 Å². The zero-order valence-corrected chi connectivity index (χ0v) is 12.8. The van der Waals surface area contributed by atoms with Crippen molar-refractivity contribution >= 4 is 11.6 Å². The summed E-state index contributed by atoms with van der Waals surface area (Å²) in [6.45, 7) is 2.12. The summed E-state index contributed by atoms with van der Waals surface area (Å²) in [6, 6.07) is 15.6. The molecule has 1 N–H and O–H groups in total. The lowest BCUT2D eigenvalue weighted by Gasteiger charge is -2.38. The molecule has 0 bridgehead atoms. The van der Waals surface area contributed by atoms with Crippen molar-refractivity contribution in [1.29, 1.82) is 0 Å². The molecule has 0 amide bonds. The molecule has 3 heteroatoms. The minimum atomic E-state index is -0.0832. The number of hydrogen-bond acceptors (Lipinski definition) is 1. The Kier molecular flexibility index (Phi) is 4.27. The van der Waals surface area contributed by atoms with Gasteiger partial charge in [-0.2, -0.15) is 0 Å². The van der Waals surface area contributed by atoms with E-state index in [4.69, 9.17) is 11.6 Å². The predicted molar refractivity (Wildman–Crippen MR) is 85.2 cm³/mol. The monoisotopic (exact) mass is 303 g/mol. The van der Waals surface area contributed by atoms with Crippen LogP contribution in [0.4, 0.5) is 4.39 Å². The maximum atomic E-state index is 13.7. The summed E-state index contributed by atoms with van der Waals surface area (Å²) in [7, 11) is 0. The van der Waals surface area contributed by atoms with Gasteiger partial charge in [-0.25, -0.2) is 4.39 Å². The van der Waals surface area contributed by atoms with Crippen molar-refractivity contribution in [3.63, 3.8) is 0 Å². The van der Waals surface area contributed by atoms with Gasteiger partial charge in [0, 0.05) is 17.1 Å². The van der Waals surface area contributed by atoms with Gasteiger partial charge in [0.15, 0.2) is 0 Å². The van der Waals surface area contributed by atoms with E-state index in [0.717, 1.165) is 29.0 Å². The zero-order chi connectivity index (χ0) is 14.8. The van der Waals surface area contributed by atoms with E-state index >= 15 is 0 Å². The molecule has 0 heterocycles. The second kappa shape index (κ2) is 6.17. The predicted octanol–water partition coefficient (Wildman–Crippen LogP) is 5.08. The molecule has 0 aliphatic heterocycles. The van der Waals surface area contributed by atoms with Gasteiger partial charge in [-0.05, 0) is 48.9 Å². The molecule has 110 valence electrons. The van der Waals surface area contributed by atoms with E-state index in [1.54, 1.807) is 12.1 Å². The van der Waals surface area contributed by atoms with E-state index in [9.17, 15) is 4.39 Å². The van der Waals surface area contributed by atoms with Gasteiger partial charge >= 0.3 is 0 Å². The fraction of sp³-hybridized carbons (Fsp3) is 0.333. The van der Waals surface area contributed by atoms with E-state index in [1.807, 2.05) is 36.4 Å². The number of hydrogen-bond donors (Lipinski definition) is 1. The third-order valence-corrected chi connectivity index (χ3v) is 4.68. The summed E-state index contributed by atoms with van der Waals surface area (Å²) >= 11 is 6.22. The van der Waals surface area contributed by atoms with Crippen LogP contribution in [0.25, 0.3) is 0 Å². The molecule has 0 unspecified atom stereocenters. The molecular formula is C18H19ClFN. The van der Waals surface area contributed by atoms with Gasteiger partial charge in [-0.3, -0.25) is 0 Å². The van der Waals surface area contributed by atoms with Crippen molar-refractivity contribution in [2.24, 2.45) is 0 Å². The number of benzene rings is 2. The van der Waals surface area contributed by atoms with E-state index in [1.165, 1.54) is 0 Å². The second-order valence-corrected chi connectivity index (χ2v) is 6.20. The quantitative estimate of drug-likeness (QED) is 0.831. The molecular weight excluding hydrogens is 285 g/mol. The number of rotatable bonds is 4. The molecule has 1 nitrogen and oxygen atoms in total. The van der Waals surface area contributed by atoms with Crippen LogP contribution in [0.3, 0.4) is 0 Å². The molecule has 0 spiro atoms. The molecule has 3 rings (SSSR count). The maximum Gasteiger partial charge on any atom is 0.126 e. The molecule has 1 aliphatic rings. The van der Waals surface area contributed by atoms with Crippen LogP contribution in [-0.2, 0) is 0 Å². The standard InChI is InChI=1S/C18H19ClFN/c1-12(15-6-2-4-8-17(15)19)21-14-10-13(11-14)16-7-3-5-9-18(16)20/h2-9,12-14,21H,10-11H2,1H3/t12-,13?,14?/m0/s1. The van der Waals surface area contributed by atoms with Gasteiger partial charge in [0.2, 0.25) is 0 Å². The molecule has 2 aromatic rings. The fourth-order valence-electron chi connectivity index (χ4n) is 3.08. The molecule has 0 aromatic heterocycles. The first-order valence-corrected chi connectivity index (χ1v) is 7.78. The molecule has 1 atom stereocenters. The highest BCUT2D eigenvalue weighted by Gasteiger charge is 2.32. The molecule has 1 fully saturated rings. The first kappa shape index (κ1) is 14.6. The van der Waals surface area contributed by atoms with Crippen LogP contribution in [0.5, 0.6) is 0 Å². The lowest BCUT2D eigenvalue weighted by atomic mass is 9.75. The molecule has 21 heavy (non-hydrogen) atoms. The van der Waals surface area contributed by atoms with Crippen LogP contribution in [0, 0.1) is 5.82 Å². The zero-order valence-electron chi connectivity index (χ0n) is 12.0. The Morgan fingerprint density at radius 2 is 1.76 bits per heavy atom. The lowest BCUT2D eigenvalue weighted by molar-refractivity contribution is 0.266. The SMILES string of the molecule is C[C@H](NC1CC(c2ccccc2F)C1)c1ccccc1Cl. The average molecular weight is 304 g/mol. The Morgan fingerprint density at radius 3 is 2.48 bits per heavy atom. The van der Waals surface area contributed by atoms with Crippen molar-refractivity contribution in [2.45, 2.75) is 37.8 Å². The Morgan fingerprint density at radius 1 is 1.10 bits per heavy atom. The van der Waals surface area contributed by atoms with Crippen LogP contribution >= 0.6 is 11.6 Å². The molecule has 2 aromatic carbocycles. The highest BCUT2D eigenvalue weighted by atomic mass is 35.5. The van der Waals surface area contributed by atoms with E-state index < -0.39 is 0 Å². The fourth-order valence-corrected chi connectivity index (χ4v) is 3.38. The maximum absolute atomic E-state index is 13.7. The summed E-state index contributed by atoms with van der Waals surface area (Å²) < 4.78 is 13.7. The van der Waals surface area contributed by atoms with Gasteiger partial charge in [0.05, 0.1) is 0 Å². The van der Waals surface area contributed by atoms with Gasteiger partial charge in [0.1, 0.15) is 5.82 Å². The van der Waals surface area contributed by atoms with Crippen LogP contribution in [0.1, 0.15) is 42.9 Å². The first-order valence-electron chi connectivity index (χ1n) is 7.40. The largest absolute Gasteiger partial charge is 0.307 e. The van der Waals surface area contributed by atoms with Gasteiger partial charge in [0.25, 0.3) is 0 Å². The van der Waals surface area contributed by atoms with Crippen molar-refractivity contribution in [1.82, 2.24) is 5.32 Å². The molecule has 1 saturated carbocycles. The van der Waals surface area contributed by atoms with E-state index in [2.05, 4.69) is 12.2 Å². The summed E-state index contributed by atoms with van der Waals surface area (Å²) in [5, 5.41) is 4.38. The third-order valence-electron chi connectivity index (χ3n) is 4.34. The summed E-state index contributed by atoms with van der Waals surface area (Å²) in [5.74, 6) is 0.252. The van der Waals surface area contributed by atoms with E-state index in [-0.39, 0.29) is 11.9 Å².